The van der Waals surface area contributed by atoms with E-state index in [0.29, 0.717) is 24.0 Å². The molecule has 29 heavy (non-hydrogen) atoms. The number of aromatic amines is 1. The van der Waals surface area contributed by atoms with Crippen LogP contribution in [0.3, 0.4) is 0 Å². The maximum Gasteiger partial charge on any atom is 0.417 e. The SMILES string of the molecule is CC1Cn2c(-c3cn[nH]c3)nnc2-c2nnc(-c3cccc(C(F)(F)F)c3Cl)n21. The van der Waals surface area contributed by atoms with Crippen molar-refractivity contribution in [2.24, 2.45) is 0 Å². The van der Waals surface area contributed by atoms with Crippen molar-refractivity contribution in [3.05, 3.63) is 41.2 Å². The predicted molar refractivity (Wildman–Crippen MR) is 96.8 cm³/mol. The van der Waals surface area contributed by atoms with E-state index in [1.165, 1.54) is 12.1 Å². The molecule has 5 rings (SSSR count). The summed E-state index contributed by atoms with van der Waals surface area (Å²) in [4.78, 5) is 0. The summed E-state index contributed by atoms with van der Waals surface area (Å²) in [7, 11) is 0. The fraction of sp³-hybridized carbons (Fsp3) is 0.235. The lowest BCUT2D eigenvalue weighted by molar-refractivity contribution is -0.137. The zero-order chi connectivity index (χ0) is 20.3. The Hall–Kier alpha value is -3.21. The van der Waals surface area contributed by atoms with Crippen LogP contribution in [0.15, 0.2) is 30.6 Å². The average Bonchev–Trinajstić information content (AvgIpc) is 3.39. The van der Waals surface area contributed by atoms with Gasteiger partial charge in [-0.1, -0.05) is 17.7 Å². The highest BCUT2D eigenvalue weighted by Gasteiger charge is 2.36. The van der Waals surface area contributed by atoms with Crippen LogP contribution in [0.4, 0.5) is 13.2 Å². The number of halogens is 4. The van der Waals surface area contributed by atoms with Gasteiger partial charge >= 0.3 is 6.18 Å². The van der Waals surface area contributed by atoms with Crippen LogP contribution in [0, 0.1) is 0 Å². The number of hydrogen-bond donors (Lipinski definition) is 1. The smallest absolute Gasteiger partial charge is 0.302 e. The summed E-state index contributed by atoms with van der Waals surface area (Å²) in [5.41, 5.74) is 0.0167. The van der Waals surface area contributed by atoms with Gasteiger partial charge in [-0.3, -0.25) is 9.67 Å². The van der Waals surface area contributed by atoms with E-state index in [0.717, 1.165) is 11.6 Å². The van der Waals surface area contributed by atoms with Crippen molar-refractivity contribution in [3.63, 3.8) is 0 Å². The first kappa shape index (κ1) is 17.9. The lowest BCUT2D eigenvalue weighted by Crippen LogP contribution is -2.22. The zero-order valence-electron chi connectivity index (χ0n) is 14.8. The molecule has 1 aliphatic rings. The molecule has 12 heteroatoms. The Morgan fingerprint density at radius 3 is 2.52 bits per heavy atom. The van der Waals surface area contributed by atoms with E-state index in [1.807, 2.05) is 11.5 Å². The third-order valence-electron chi connectivity index (χ3n) is 4.84. The lowest BCUT2D eigenvalue weighted by atomic mass is 10.1. The second-order valence-electron chi connectivity index (χ2n) is 6.68. The molecule has 0 amide bonds. The van der Waals surface area contributed by atoms with Gasteiger partial charge in [-0.25, -0.2) is 0 Å². The van der Waals surface area contributed by atoms with Crippen LogP contribution in [-0.2, 0) is 12.7 Å². The number of nitrogens with zero attached hydrogens (tertiary/aromatic N) is 7. The Kier molecular flexibility index (Phi) is 3.78. The molecule has 1 N–H and O–H groups in total. The number of aromatic nitrogens is 8. The lowest BCUT2D eigenvalue weighted by Gasteiger charge is -2.25. The van der Waals surface area contributed by atoms with Crippen molar-refractivity contribution in [3.8, 4) is 34.4 Å². The molecule has 148 valence electrons. The number of alkyl halides is 3. The summed E-state index contributed by atoms with van der Waals surface area (Å²) < 4.78 is 43.4. The van der Waals surface area contributed by atoms with Gasteiger partial charge in [-0.2, -0.15) is 18.3 Å². The van der Waals surface area contributed by atoms with E-state index < -0.39 is 16.8 Å². The van der Waals surface area contributed by atoms with Crippen molar-refractivity contribution < 1.29 is 13.2 Å². The summed E-state index contributed by atoms with van der Waals surface area (Å²) in [6.07, 6.45) is -1.23. The van der Waals surface area contributed by atoms with Crippen LogP contribution in [0.5, 0.6) is 0 Å². The van der Waals surface area contributed by atoms with Gasteiger partial charge in [0.05, 0.1) is 28.4 Å². The van der Waals surface area contributed by atoms with Crippen LogP contribution in [0.25, 0.3) is 34.4 Å². The summed E-state index contributed by atoms with van der Waals surface area (Å²) in [5.74, 6) is 1.76. The summed E-state index contributed by atoms with van der Waals surface area (Å²) in [6.45, 7) is 2.40. The van der Waals surface area contributed by atoms with Gasteiger partial charge in [0.1, 0.15) is 0 Å². The van der Waals surface area contributed by atoms with E-state index in [4.69, 9.17) is 11.6 Å². The van der Waals surface area contributed by atoms with Gasteiger partial charge in [-0.15, -0.1) is 20.4 Å². The normalized spacial score (nSPS) is 16.0. The Morgan fingerprint density at radius 2 is 1.79 bits per heavy atom. The second kappa shape index (κ2) is 6.14. The minimum atomic E-state index is -4.57. The first-order valence-corrected chi connectivity index (χ1v) is 8.97. The topological polar surface area (TPSA) is 90.1 Å². The largest absolute Gasteiger partial charge is 0.417 e. The molecule has 3 aromatic heterocycles. The maximum absolute atomic E-state index is 13.3. The minimum absolute atomic E-state index is 0.162. The zero-order valence-corrected chi connectivity index (χ0v) is 15.6. The Balaban J connectivity index is 1.67. The second-order valence-corrected chi connectivity index (χ2v) is 7.05. The summed E-state index contributed by atoms with van der Waals surface area (Å²) in [5, 5.41) is 23.0. The number of fused-ring (bicyclic) bond motifs is 3. The summed E-state index contributed by atoms with van der Waals surface area (Å²) in [6, 6.07) is 3.57. The van der Waals surface area contributed by atoms with Crippen molar-refractivity contribution in [1.29, 1.82) is 0 Å². The molecule has 0 spiro atoms. The van der Waals surface area contributed by atoms with Crippen LogP contribution < -0.4 is 0 Å². The number of benzene rings is 1. The molecule has 0 saturated heterocycles. The maximum atomic E-state index is 13.3. The highest BCUT2D eigenvalue weighted by atomic mass is 35.5. The van der Waals surface area contributed by atoms with Crippen LogP contribution in [0.1, 0.15) is 18.5 Å². The van der Waals surface area contributed by atoms with Crippen molar-refractivity contribution in [2.75, 3.05) is 0 Å². The molecule has 8 nitrogen and oxygen atoms in total. The number of hydrogen-bond acceptors (Lipinski definition) is 5. The monoisotopic (exact) mass is 420 g/mol. The van der Waals surface area contributed by atoms with E-state index in [1.54, 1.807) is 17.0 Å². The Morgan fingerprint density at radius 1 is 1.07 bits per heavy atom. The molecule has 1 atom stereocenters. The third kappa shape index (κ3) is 2.64. The fourth-order valence-electron chi connectivity index (χ4n) is 3.54. The number of H-pyrrole nitrogens is 1. The minimum Gasteiger partial charge on any atom is -0.302 e. The molecule has 1 unspecified atom stereocenters. The van der Waals surface area contributed by atoms with Gasteiger partial charge < -0.3 is 4.57 Å². The molecule has 4 heterocycles. The summed E-state index contributed by atoms with van der Waals surface area (Å²) >= 11 is 6.10. The number of nitrogens with one attached hydrogen (secondary N) is 1. The first-order valence-electron chi connectivity index (χ1n) is 8.60. The number of rotatable bonds is 2. The van der Waals surface area contributed by atoms with Gasteiger partial charge in [-0.05, 0) is 19.1 Å². The third-order valence-corrected chi connectivity index (χ3v) is 5.24. The van der Waals surface area contributed by atoms with E-state index in [9.17, 15) is 13.2 Å². The first-order chi connectivity index (χ1) is 13.9. The molecule has 0 aliphatic carbocycles. The van der Waals surface area contributed by atoms with Gasteiger partial charge in [0.25, 0.3) is 0 Å². The van der Waals surface area contributed by atoms with Crippen molar-refractivity contribution >= 4 is 11.6 Å². The van der Waals surface area contributed by atoms with Gasteiger partial charge in [0, 0.05) is 18.3 Å². The molecule has 0 radical (unpaired) electrons. The highest BCUT2D eigenvalue weighted by Crippen LogP contribution is 2.41. The van der Waals surface area contributed by atoms with Crippen molar-refractivity contribution in [1.82, 2.24) is 39.7 Å². The molecule has 1 aliphatic heterocycles. The fourth-order valence-corrected chi connectivity index (χ4v) is 3.86. The Bertz CT molecular complexity index is 1210. The molecule has 0 fully saturated rings. The molecule has 0 saturated carbocycles. The van der Waals surface area contributed by atoms with Crippen molar-refractivity contribution in [2.45, 2.75) is 25.7 Å². The molecule has 0 bridgehead atoms. The van der Waals surface area contributed by atoms with E-state index in [2.05, 4.69) is 30.6 Å². The predicted octanol–water partition coefficient (Wildman–Crippen LogP) is 3.84. The molecular weight excluding hydrogens is 409 g/mol. The molecule has 4 aromatic rings. The van der Waals surface area contributed by atoms with Crippen LogP contribution in [0.2, 0.25) is 5.02 Å². The van der Waals surface area contributed by atoms with Gasteiger partial charge in [0.15, 0.2) is 11.6 Å². The molecule has 1 aromatic carbocycles. The van der Waals surface area contributed by atoms with E-state index >= 15 is 0 Å². The standard InChI is InChI=1S/C17H12ClF3N8/c1-8-7-28-13(9-5-22-23-6-9)24-26-15(28)16-27-25-14(29(8)16)10-3-2-4-11(12(10)18)17(19,20)21/h2-6,8H,7H2,1H3,(H,22,23). The molecular formula is C17H12ClF3N8. The van der Waals surface area contributed by atoms with E-state index in [-0.39, 0.29) is 17.4 Å². The highest BCUT2D eigenvalue weighted by molar-refractivity contribution is 6.34. The quantitative estimate of drug-likeness (QED) is 0.532. The van der Waals surface area contributed by atoms with Gasteiger partial charge in [0.2, 0.25) is 11.6 Å². The Labute approximate surface area is 166 Å². The van der Waals surface area contributed by atoms with Crippen LogP contribution in [-0.4, -0.2) is 39.7 Å². The average molecular weight is 421 g/mol. The van der Waals surface area contributed by atoms with Crippen LogP contribution >= 0.6 is 11.6 Å².